The first-order valence-corrected chi connectivity index (χ1v) is 7.18. The minimum atomic E-state index is -5.08. The maximum atomic E-state index is 12.2. The highest BCUT2D eigenvalue weighted by molar-refractivity contribution is 14.1. The first-order chi connectivity index (χ1) is 9.07. The van der Waals surface area contributed by atoms with Gasteiger partial charge in [-0.2, -0.15) is 13.2 Å². The summed E-state index contributed by atoms with van der Waals surface area (Å²) in [5.41, 5.74) is 0. The molecule has 1 amide bonds. The maximum absolute atomic E-state index is 12.2. The van der Waals surface area contributed by atoms with Crippen LogP contribution in [0.4, 0.5) is 13.2 Å². The zero-order valence-corrected chi connectivity index (χ0v) is 14.2. The van der Waals surface area contributed by atoms with E-state index in [9.17, 15) is 22.8 Å². The monoisotopic (exact) mass is 517 g/mol. The molecule has 1 N–H and O–H groups in total. The fraction of sp³-hybridized carbons (Fsp3) is 0.556. The van der Waals surface area contributed by atoms with Crippen LogP contribution in [0.5, 0.6) is 0 Å². The summed E-state index contributed by atoms with van der Waals surface area (Å²) in [6, 6.07) is -1.47. The number of ether oxygens (including phenoxy) is 1. The molecule has 1 aliphatic heterocycles. The number of hydrogen-bond donors (Lipinski definition) is 1. The van der Waals surface area contributed by atoms with E-state index in [1.807, 2.05) is 45.2 Å². The molecule has 0 fully saturated rings. The number of hydrogen-bond acceptors (Lipinski definition) is 5. The molecule has 2 atom stereocenters. The van der Waals surface area contributed by atoms with Crippen LogP contribution in [0.15, 0.2) is 9.98 Å². The fourth-order valence-electron chi connectivity index (χ4n) is 1.32. The number of methoxy groups -OCH3 is 1. The Labute approximate surface area is 138 Å². The first-order valence-electron chi connectivity index (χ1n) is 5.02. The van der Waals surface area contributed by atoms with Crippen molar-refractivity contribution in [1.29, 1.82) is 0 Å². The number of halogens is 5. The van der Waals surface area contributed by atoms with Crippen molar-refractivity contribution in [3.05, 3.63) is 0 Å². The molecule has 0 saturated heterocycles. The van der Waals surface area contributed by atoms with E-state index in [-0.39, 0.29) is 6.42 Å². The van der Waals surface area contributed by atoms with Crippen LogP contribution in [0.3, 0.4) is 0 Å². The molecular formula is C9H8F3I2N3O3. The van der Waals surface area contributed by atoms with Gasteiger partial charge in [-0.1, -0.05) is 0 Å². The summed E-state index contributed by atoms with van der Waals surface area (Å²) in [6.45, 7) is 0. The van der Waals surface area contributed by atoms with E-state index in [4.69, 9.17) is 0 Å². The largest absolute Gasteiger partial charge is 0.471 e. The van der Waals surface area contributed by atoms with Crippen LogP contribution in [0.1, 0.15) is 6.42 Å². The Morgan fingerprint density at radius 3 is 2.55 bits per heavy atom. The smallest absolute Gasteiger partial charge is 0.467 e. The molecule has 0 radical (unpaired) electrons. The second kappa shape index (κ2) is 6.53. The molecule has 6 nitrogen and oxygen atoms in total. The Balaban J connectivity index is 2.84. The molecular weight excluding hydrogens is 509 g/mol. The third-order valence-corrected chi connectivity index (χ3v) is 3.67. The molecule has 1 heterocycles. The summed E-state index contributed by atoms with van der Waals surface area (Å²) in [6.07, 6.45) is -3.88. The van der Waals surface area contributed by atoms with Gasteiger partial charge in [0.2, 0.25) is 0 Å². The molecule has 2 unspecified atom stereocenters. The highest BCUT2D eigenvalue weighted by Crippen LogP contribution is 2.30. The van der Waals surface area contributed by atoms with Gasteiger partial charge in [0.05, 0.1) is 7.11 Å². The molecule has 0 aromatic heterocycles. The van der Waals surface area contributed by atoms with Gasteiger partial charge in [0.15, 0.2) is 7.39 Å². The molecule has 0 spiro atoms. The standard InChI is InChI=1S/C9H8F3I2N3O3/c1-20-5(18)4(16-6(19)9(10,11)12)2-8(14)3-15-7(13)17-8/h3-4H,2H2,1H3,(H,16,19). The second-order valence-corrected chi connectivity index (χ2v) is 6.54. The molecule has 20 heavy (non-hydrogen) atoms. The Morgan fingerprint density at radius 2 is 2.15 bits per heavy atom. The van der Waals surface area contributed by atoms with Crippen LogP contribution in [0, 0.1) is 0 Å². The third kappa shape index (κ3) is 4.82. The average molecular weight is 517 g/mol. The predicted octanol–water partition coefficient (Wildman–Crippen LogP) is 1.60. The van der Waals surface area contributed by atoms with Crippen molar-refractivity contribution in [2.24, 2.45) is 9.98 Å². The topological polar surface area (TPSA) is 80.1 Å². The zero-order valence-electron chi connectivity index (χ0n) is 9.87. The number of nitrogens with one attached hydrogen (secondary N) is 1. The SMILES string of the molecule is COC(=O)C(CC1(I)C=NC(I)=N1)NC(=O)C(F)(F)F. The number of carbonyl (C=O) groups is 2. The average Bonchev–Trinajstić information content (AvgIpc) is 2.66. The van der Waals surface area contributed by atoms with Gasteiger partial charge in [-0.05, 0) is 22.6 Å². The molecule has 0 bridgehead atoms. The fourth-order valence-corrected chi connectivity index (χ4v) is 3.16. The summed E-state index contributed by atoms with van der Waals surface area (Å²) in [7, 11) is 1.02. The van der Waals surface area contributed by atoms with Gasteiger partial charge in [0.25, 0.3) is 0 Å². The van der Waals surface area contributed by atoms with Crippen LogP contribution in [-0.4, -0.2) is 44.8 Å². The van der Waals surface area contributed by atoms with E-state index >= 15 is 0 Å². The van der Waals surface area contributed by atoms with Crippen LogP contribution in [-0.2, 0) is 14.3 Å². The lowest BCUT2D eigenvalue weighted by Crippen LogP contribution is -2.49. The van der Waals surface area contributed by atoms with Gasteiger partial charge in [0.1, 0.15) is 6.04 Å². The molecule has 1 aliphatic rings. The first kappa shape index (κ1) is 17.6. The minimum absolute atomic E-state index is 0.196. The zero-order chi connectivity index (χ0) is 15.6. The van der Waals surface area contributed by atoms with Crippen molar-refractivity contribution in [2.45, 2.75) is 22.2 Å². The molecule has 0 aromatic carbocycles. The number of esters is 1. The minimum Gasteiger partial charge on any atom is -0.467 e. The number of nitrogens with zero attached hydrogens (tertiary/aromatic N) is 2. The van der Waals surface area contributed by atoms with Crippen LogP contribution >= 0.6 is 45.2 Å². The number of amidine groups is 1. The number of amides is 1. The van der Waals surface area contributed by atoms with Crippen molar-refractivity contribution in [3.63, 3.8) is 0 Å². The second-order valence-electron chi connectivity index (χ2n) is 3.71. The summed E-state index contributed by atoms with van der Waals surface area (Å²) >= 11 is 3.66. The van der Waals surface area contributed by atoms with Gasteiger partial charge in [-0.15, -0.1) is 0 Å². The van der Waals surface area contributed by atoms with Gasteiger partial charge in [-0.25, -0.2) is 14.8 Å². The van der Waals surface area contributed by atoms with Crippen molar-refractivity contribution < 1.29 is 27.5 Å². The Kier molecular flexibility index (Phi) is 5.74. The molecule has 0 aliphatic carbocycles. The summed E-state index contributed by atoms with van der Waals surface area (Å²) < 4.78 is 40.5. The van der Waals surface area contributed by atoms with Crippen LogP contribution < -0.4 is 5.32 Å². The van der Waals surface area contributed by atoms with Gasteiger partial charge in [0, 0.05) is 35.2 Å². The highest BCUT2D eigenvalue weighted by atomic mass is 127. The Bertz CT molecular complexity index is 481. The normalized spacial score (nSPS) is 23.2. The van der Waals surface area contributed by atoms with Crippen molar-refractivity contribution in [2.75, 3.05) is 7.11 Å². The van der Waals surface area contributed by atoms with Gasteiger partial charge in [-0.3, -0.25) is 4.79 Å². The number of rotatable bonds is 4. The maximum Gasteiger partial charge on any atom is 0.471 e. The van der Waals surface area contributed by atoms with E-state index in [0.717, 1.165) is 7.11 Å². The lowest BCUT2D eigenvalue weighted by atomic mass is 10.1. The molecule has 0 aromatic rings. The van der Waals surface area contributed by atoms with Crippen molar-refractivity contribution >= 4 is 67.1 Å². The van der Waals surface area contributed by atoms with Crippen molar-refractivity contribution in [1.82, 2.24) is 5.32 Å². The van der Waals surface area contributed by atoms with E-state index in [1.54, 1.807) is 5.32 Å². The molecule has 0 saturated carbocycles. The third-order valence-electron chi connectivity index (χ3n) is 2.19. The molecule has 1 rings (SSSR count). The number of alkyl halides is 4. The highest BCUT2D eigenvalue weighted by Gasteiger charge is 2.43. The lowest BCUT2D eigenvalue weighted by molar-refractivity contribution is -0.175. The summed E-state index contributed by atoms with van der Waals surface area (Å²) in [4.78, 5) is 30.4. The number of aliphatic imine (C=N–C) groups is 2. The number of carbonyl (C=O) groups excluding carboxylic acids is 2. The van der Waals surface area contributed by atoms with E-state index in [0.29, 0.717) is 3.84 Å². The quantitative estimate of drug-likeness (QED) is 0.267. The van der Waals surface area contributed by atoms with Crippen LogP contribution in [0.25, 0.3) is 0 Å². The lowest BCUT2D eigenvalue weighted by Gasteiger charge is -2.22. The van der Waals surface area contributed by atoms with E-state index < -0.39 is 27.6 Å². The van der Waals surface area contributed by atoms with Crippen LogP contribution in [0.2, 0.25) is 0 Å². The van der Waals surface area contributed by atoms with Crippen molar-refractivity contribution in [3.8, 4) is 0 Å². The van der Waals surface area contributed by atoms with E-state index in [2.05, 4.69) is 14.7 Å². The Morgan fingerprint density at radius 1 is 1.55 bits per heavy atom. The predicted molar refractivity (Wildman–Crippen MR) is 81.3 cm³/mol. The van der Waals surface area contributed by atoms with Gasteiger partial charge >= 0.3 is 18.1 Å². The summed E-state index contributed by atoms with van der Waals surface area (Å²) in [5.74, 6) is -3.19. The molecule has 112 valence electrons. The Hall–Kier alpha value is -0.470. The summed E-state index contributed by atoms with van der Waals surface area (Å²) in [5, 5.41) is 1.60. The molecule has 11 heteroatoms. The van der Waals surface area contributed by atoms with Gasteiger partial charge < -0.3 is 10.1 Å². The van der Waals surface area contributed by atoms with E-state index in [1.165, 1.54) is 6.21 Å².